The number of aromatic nitrogens is 7. The zero-order valence-corrected chi connectivity index (χ0v) is 14.1. The van der Waals surface area contributed by atoms with Crippen LogP contribution in [0.15, 0.2) is 37.2 Å². The van der Waals surface area contributed by atoms with Gasteiger partial charge in [0, 0.05) is 19.4 Å². The van der Waals surface area contributed by atoms with Gasteiger partial charge in [0.15, 0.2) is 17.3 Å². The smallest absolute Gasteiger partial charge is 0.417 e. The molecule has 0 N–H and O–H groups in total. The van der Waals surface area contributed by atoms with E-state index in [0.29, 0.717) is 23.2 Å². The number of ether oxygens (including phenoxy) is 1. The number of hydrogen-bond acceptors (Lipinski definition) is 6. The lowest BCUT2D eigenvalue weighted by Gasteiger charge is -2.08. The summed E-state index contributed by atoms with van der Waals surface area (Å²) in [5.74, 6) is 0.929. The minimum absolute atomic E-state index is 0.0723. The predicted molar refractivity (Wildman–Crippen MR) is 88.2 cm³/mol. The van der Waals surface area contributed by atoms with E-state index in [2.05, 4.69) is 24.9 Å². The molecule has 0 amide bonds. The van der Waals surface area contributed by atoms with Crippen molar-refractivity contribution >= 4 is 11.2 Å². The molecular weight excluding hydrogens is 363 g/mol. The Labute approximate surface area is 150 Å². The standard InChI is InChI=1S/C16H12F3N7O/c1-25-7-11(23-8-25)15-24-10-3-9(16(17,18)19)4-22-14(10)26(15)12-5-21-13(27-2)6-20-12/h3-8H,1-2H3. The van der Waals surface area contributed by atoms with Gasteiger partial charge in [-0.25, -0.2) is 24.9 Å². The van der Waals surface area contributed by atoms with Crippen molar-refractivity contribution in [1.82, 2.24) is 34.1 Å². The maximum absolute atomic E-state index is 13.0. The molecule has 0 saturated heterocycles. The second kappa shape index (κ2) is 6.04. The maximum Gasteiger partial charge on any atom is 0.417 e. The third-order valence-electron chi connectivity index (χ3n) is 3.81. The highest BCUT2D eigenvalue weighted by Crippen LogP contribution is 2.32. The maximum atomic E-state index is 13.0. The van der Waals surface area contributed by atoms with E-state index in [-0.39, 0.29) is 11.2 Å². The van der Waals surface area contributed by atoms with Crippen molar-refractivity contribution in [3.8, 4) is 23.2 Å². The molecule has 0 spiro atoms. The number of rotatable bonds is 3. The van der Waals surface area contributed by atoms with Crippen LogP contribution in [-0.2, 0) is 13.2 Å². The average molecular weight is 375 g/mol. The van der Waals surface area contributed by atoms with Gasteiger partial charge in [0.25, 0.3) is 0 Å². The summed E-state index contributed by atoms with van der Waals surface area (Å²) in [4.78, 5) is 20.8. The Balaban J connectivity index is 1.98. The van der Waals surface area contributed by atoms with Crippen molar-refractivity contribution in [3.05, 3.63) is 42.7 Å². The lowest BCUT2D eigenvalue weighted by Crippen LogP contribution is -2.06. The first-order valence-electron chi connectivity index (χ1n) is 7.67. The minimum atomic E-state index is -4.52. The van der Waals surface area contributed by atoms with Crippen molar-refractivity contribution in [3.63, 3.8) is 0 Å². The topological polar surface area (TPSA) is 83.5 Å². The molecule has 8 nitrogen and oxygen atoms in total. The summed E-state index contributed by atoms with van der Waals surface area (Å²) < 4.78 is 47.3. The first kappa shape index (κ1) is 16.9. The van der Waals surface area contributed by atoms with E-state index in [9.17, 15) is 13.2 Å². The number of alkyl halides is 3. The van der Waals surface area contributed by atoms with E-state index in [1.54, 1.807) is 24.1 Å². The molecule has 4 aromatic heterocycles. The lowest BCUT2D eigenvalue weighted by molar-refractivity contribution is -0.137. The van der Waals surface area contributed by atoms with Crippen molar-refractivity contribution in [2.75, 3.05) is 7.11 Å². The van der Waals surface area contributed by atoms with Crippen LogP contribution in [0, 0.1) is 0 Å². The Kier molecular flexibility index (Phi) is 3.79. The Bertz CT molecular complexity index is 1120. The molecule has 27 heavy (non-hydrogen) atoms. The van der Waals surface area contributed by atoms with Crippen molar-refractivity contribution < 1.29 is 17.9 Å². The number of methoxy groups -OCH3 is 1. The summed E-state index contributed by atoms with van der Waals surface area (Å²) in [5.41, 5.74) is -0.138. The number of aryl methyl sites for hydroxylation is 1. The number of fused-ring (bicyclic) bond motifs is 1. The van der Waals surface area contributed by atoms with E-state index in [4.69, 9.17) is 4.74 Å². The summed E-state index contributed by atoms with van der Waals surface area (Å²) in [5, 5.41) is 0. The molecule has 0 aliphatic heterocycles. The van der Waals surface area contributed by atoms with Crippen LogP contribution in [0.1, 0.15) is 5.56 Å². The third-order valence-corrected chi connectivity index (χ3v) is 3.81. The number of halogens is 3. The second-order valence-electron chi connectivity index (χ2n) is 5.68. The van der Waals surface area contributed by atoms with Crippen molar-refractivity contribution in [1.29, 1.82) is 0 Å². The summed E-state index contributed by atoms with van der Waals surface area (Å²) in [6, 6.07) is 0.947. The number of hydrogen-bond donors (Lipinski definition) is 0. The van der Waals surface area contributed by atoms with Crippen LogP contribution in [0.5, 0.6) is 5.88 Å². The summed E-state index contributed by atoms with van der Waals surface area (Å²) in [6.45, 7) is 0. The molecule has 0 aliphatic rings. The van der Waals surface area contributed by atoms with E-state index >= 15 is 0 Å². The Morgan fingerprint density at radius 2 is 1.85 bits per heavy atom. The van der Waals surface area contributed by atoms with Gasteiger partial charge in [0.1, 0.15) is 11.2 Å². The summed E-state index contributed by atoms with van der Waals surface area (Å²) >= 11 is 0. The van der Waals surface area contributed by atoms with Crippen molar-refractivity contribution in [2.24, 2.45) is 7.05 Å². The van der Waals surface area contributed by atoms with E-state index in [0.717, 1.165) is 12.3 Å². The SMILES string of the molecule is COc1cnc(-n2c(-c3cn(C)cn3)nc3cc(C(F)(F)F)cnc32)cn1. The van der Waals surface area contributed by atoms with Gasteiger partial charge in [-0.2, -0.15) is 13.2 Å². The zero-order valence-electron chi connectivity index (χ0n) is 14.1. The monoisotopic (exact) mass is 375 g/mol. The number of nitrogens with zero attached hydrogens (tertiary/aromatic N) is 7. The van der Waals surface area contributed by atoms with Gasteiger partial charge in [0.05, 0.1) is 31.4 Å². The van der Waals surface area contributed by atoms with Gasteiger partial charge >= 0.3 is 6.18 Å². The molecule has 0 radical (unpaired) electrons. The fourth-order valence-electron chi connectivity index (χ4n) is 2.57. The molecule has 11 heteroatoms. The van der Waals surface area contributed by atoms with Gasteiger partial charge in [-0.05, 0) is 6.07 Å². The second-order valence-corrected chi connectivity index (χ2v) is 5.68. The zero-order chi connectivity index (χ0) is 19.2. The number of imidazole rings is 2. The number of pyridine rings is 1. The molecule has 4 rings (SSSR count). The Morgan fingerprint density at radius 3 is 2.44 bits per heavy atom. The fourth-order valence-corrected chi connectivity index (χ4v) is 2.57. The quantitative estimate of drug-likeness (QED) is 0.547. The van der Waals surface area contributed by atoms with Crippen LogP contribution >= 0.6 is 0 Å². The van der Waals surface area contributed by atoms with Crippen LogP contribution in [0.3, 0.4) is 0 Å². The largest absolute Gasteiger partial charge is 0.480 e. The van der Waals surface area contributed by atoms with Crippen LogP contribution in [0.2, 0.25) is 0 Å². The normalized spacial score (nSPS) is 11.9. The molecule has 0 bridgehead atoms. The lowest BCUT2D eigenvalue weighted by atomic mass is 10.2. The van der Waals surface area contributed by atoms with E-state index in [1.165, 1.54) is 24.1 Å². The fraction of sp³-hybridized carbons (Fsp3) is 0.188. The van der Waals surface area contributed by atoms with Crippen LogP contribution in [0.4, 0.5) is 13.2 Å². The van der Waals surface area contributed by atoms with Gasteiger partial charge in [-0.1, -0.05) is 0 Å². The molecule has 0 saturated carbocycles. The minimum Gasteiger partial charge on any atom is -0.480 e. The first-order valence-corrected chi connectivity index (χ1v) is 7.67. The summed E-state index contributed by atoms with van der Waals surface area (Å²) in [6.07, 6.45) is 2.32. The van der Waals surface area contributed by atoms with E-state index < -0.39 is 11.7 Å². The molecule has 0 fully saturated rings. The first-order chi connectivity index (χ1) is 12.9. The van der Waals surface area contributed by atoms with Gasteiger partial charge < -0.3 is 9.30 Å². The average Bonchev–Trinajstić information content (AvgIpc) is 3.23. The Hall–Kier alpha value is -3.50. The summed E-state index contributed by atoms with van der Waals surface area (Å²) in [7, 11) is 3.23. The molecule has 138 valence electrons. The van der Waals surface area contributed by atoms with Crippen LogP contribution in [-0.4, -0.2) is 41.2 Å². The molecule has 0 atom stereocenters. The van der Waals surface area contributed by atoms with Crippen LogP contribution < -0.4 is 4.74 Å². The van der Waals surface area contributed by atoms with Gasteiger partial charge in [-0.15, -0.1) is 0 Å². The molecule has 0 aliphatic carbocycles. The predicted octanol–water partition coefficient (Wildman–Crippen LogP) is 2.64. The third kappa shape index (κ3) is 2.96. The highest BCUT2D eigenvalue weighted by molar-refractivity contribution is 5.79. The van der Waals surface area contributed by atoms with Crippen molar-refractivity contribution in [2.45, 2.75) is 6.18 Å². The molecular formula is C16H12F3N7O. The molecule has 4 heterocycles. The van der Waals surface area contributed by atoms with Gasteiger partial charge in [0.2, 0.25) is 5.88 Å². The van der Waals surface area contributed by atoms with Crippen LogP contribution in [0.25, 0.3) is 28.5 Å². The Morgan fingerprint density at radius 1 is 1.04 bits per heavy atom. The molecule has 0 aromatic carbocycles. The molecule has 4 aromatic rings. The highest BCUT2D eigenvalue weighted by atomic mass is 19.4. The van der Waals surface area contributed by atoms with Gasteiger partial charge in [-0.3, -0.25) is 4.57 Å². The molecule has 0 unspecified atom stereocenters. The van der Waals surface area contributed by atoms with E-state index in [1.807, 2.05) is 0 Å². The highest BCUT2D eigenvalue weighted by Gasteiger charge is 2.32.